The van der Waals surface area contributed by atoms with Gasteiger partial charge in [0.1, 0.15) is 0 Å². The Morgan fingerprint density at radius 3 is 2.83 bits per heavy atom. The molecule has 0 amide bonds. The molecule has 0 aliphatic heterocycles. The molecule has 3 nitrogen and oxygen atoms in total. The minimum Gasteiger partial charge on any atom is -0.396 e. The number of rotatable bonds is 0. The first-order valence-electron chi connectivity index (χ1n) is 3.47. The Kier molecular flexibility index (Phi) is 2.24. The van der Waals surface area contributed by atoms with Crippen LogP contribution in [0, 0.1) is 6.92 Å². The van der Waals surface area contributed by atoms with Crippen LogP contribution in [-0.4, -0.2) is 9.38 Å². The summed E-state index contributed by atoms with van der Waals surface area (Å²) in [5.41, 5.74) is 8.39. The average Bonchev–Trinajstić information content (AvgIpc) is 2.45. The van der Waals surface area contributed by atoms with E-state index in [9.17, 15) is 0 Å². The van der Waals surface area contributed by atoms with Gasteiger partial charge in [0, 0.05) is 18.1 Å². The van der Waals surface area contributed by atoms with Crippen molar-refractivity contribution in [2.45, 2.75) is 6.92 Å². The molecular formula is C8H10ClN3. The molecule has 2 heterocycles. The van der Waals surface area contributed by atoms with E-state index in [1.807, 2.05) is 29.7 Å². The van der Waals surface area contributed by atoms with E-state index in [4.69, 9.17) is 5.73 Å². The highest BCUT2D eigenvalue weighted by Gasteiger charge is 1.98. The summed E-state index contributed by atoms with van der Waals surface area (Å²) < 4.78 is 1.97. The molecule has 0 unspecified atom stereocenters. The molecule has 2 rings (SSSR count). The van der Waals surface area contributed by atoms with Gasteiger partial charge in [0.2, 0.25) is 0 Å². The second kappa shape index (κ2) is 3.03. The summed E-state index contributed by atoms with van der Waals surface area (Å²) >= 11 is 0. The van der Waals surface area contributed by atoms with Crippen molar-refractivity contribution in [2.75, 3.05) is 5.73 Å². The highest BCUT2D eigenvalue weighted by Crippen LogP contribution is 2.12. The number of aryl methyl sites for hydroxylation is 1. The Morgan fingerprint density at radius 2 is 2.17 bits per heavy atom. The summed E-state index contributed by atoms with van der Waals surface area (Å²) in [6.45, 7) is 2.02. The third kappa shape index (κ3) is 1.12. The van der Waals surface area contributed by atoms with Crippen molar-refractivity contribution in [3.63, 3.8) is 0 Å². The van der Waals surface area contributed by atoms with Gasteiger partial charge in [0.05, 0.1) is 5.69 Å². The lowest BCUT2D eigenvalue weighted by Gasteiger charge is -2.00. The van der Waals surface area contributed by atoms with Gasteiger partial charge in [-0.15, -0.1) is 12.4 Å². The zero-order valence-corrected chi connectivity index (χ0v) is 7.51. The van der Waals surface area contributed by atoms with Crippen LogP contribution in [0.1, 0.15) is 5.69 Å². The highest BCUT2D eigenvalue weighted by molar-refractivity contribution is 5.85. The van der Waals surface area contributed by atoms with Crippen LogP contribution in [0.2, 0.25) is 0 Å². The Balaban J connectivity index is 0.000000720. The van der Waals surface area contributed by atoms with Gasteiger partial charge in [-0.3, -0.25) is 0 Å². The van der Waals surface area contributed by atoms with Gasteiger partial charge >= 0.3 is 0 Å². The van der Waals surface area contributed by atoms with Crippen molar-refractivity contribution in [1.82, 2.24) is 9.38 Å². The quantitative estimate of drug-likeness (QED) is 0.675. The van der Waals surface area contributed by atoms with E-state index in [1.165, 1.54) is 0 Å². The number of fused-ring (bicyclic) bond motifs is 1. The number of anilines is 1. The standard InChI is InChI=1S/C8H9N3.ClH/c1-6-2-3-7(9)8-10-4-5-11(6)8;/h2-5H,9H2,1H3;1H. The van der Waals surface area contributed by atoms with Crippen LogP contribution in [-0.2, 0) is 0 Å². The molecule has 64 valence electrons. The highest BCUT2D eigenvalue weighted by atomic mass is 35.5. The Labute approximate surface area is 76.6 Å². The predicted molar refractivity (Wildman–Crippen MR) is 51.6 cm³/mol. The fourth-order valence-electron chi connectivity index (χ4n) is 1.17. The number of imidazole rings is 1. The molecule has 0 atom stereocenters. The largest absolute Gasteiger partial charge is 0.396 e. The number of nitrogens with zero attached hydrogens (tertiary/aromatic N) is 2. The Hall–Kier alpha value is -1.22. The van der Waals surface area contributed by atoms with Crippen LogP contribution in [0.3, 0.4) is 0 Å². The molecule has 0 fully saturated rings. The van der Waals surface area contributed by atoms with Crippen molar-refractivity contribution in [3.05, 3.63) is 30.2 Å². The molecule has 0 aromatic carbocycles. The van der Waals surface area contributed by atoms with Crippen LogP contribution in [0.5, 0.6) is 0 Å². The smallest absolute Gasteiger partial charge is 0.160 e. The number of nitrogens with two attached hydrogens (primary N) is 1. The topological polar surface area (TPSA) is 43.3 Å². The van der Waals surface area contributed by atoms with Crippen molar-refractivity contribution >= 4 is 23.7 Å². The molecule has 2 N–H and O–H groups in total. The normalized spacial score (nSPS) is 9.75. The van der Waals surface area contributed by atoms with Crippen molar-refractivity contribution in [2.24, 2.45) is 0 Å². The van der Waals surface area contributed by atoms with E-state index in [-0.39, 0.29) is 12.4 Å². The molecule has 0 saturated heterocycles. The lowest BCUT2D eigenvalue weighted by molar-refractivity contribution is 1.10. The van der Waals surface area contributed by atoms with Crippen molar-refractivity contribution < 1.29 is 0 Å². The zero-order chi connectivity index (χ0) is 7.84. The first-order chi connectivity index (χ1) is 5.29. The predicted octanol–water partition coefficient (Wildman–Crippen LogP) is 1.65. The van der Waals surface area contributed by atoms with Crippen LogP contribution < -0.4 is 5.73 Å². The third-order valence-electron chi connectivity index (χ3n) is 1.78. The van der Waals surface area contributed by atoms with Gasteiger partial charge < -0.3 is 10.1 Å². The Bertz CT molecular complexity index is 358. The molecule has 4 heteroatoms. The summed E-state index contributed by atoms with van der Waals surface area (Å²) in [4.78, 5) is 4.12. The van der Waals surface area contributed by atoms with Gasteiger partial charge in [-0.25, -0.2) is 4.98 Å². The molecule has 0 radical (unpaired) electrons. The van der Waals surface area contributed by atoms with E-state index in [0.29, 0.717) is 0 Å². The second-order valence-electron chi connectivity index (χ2n) is 2.55. The monoisotopic (exact) mass is 183 g/mol. The maximum Gasteiger partial charge on any atom is 0.160 e. The lowest BCUT2D eigenvalue weighted by Crippen LogP contribution is -1.94. The molecule has 0 saturated carbocycles. The number of aromatic nitrogens is 2. The summed E-state index contributed by atoms with van der Waals surface area (Å²) in [5, 5.41) is 0. The summed E-state index contributed by atoms with van der Waals surface area (Å²) in [6, 6.07) is 3.85. The van der Waals surface area contributed by atoms with Gasteiger partial charge in [0.25, 0.3) is 0 Å². The van der Waals surface area contributed by atoms with E-state index in [2.05, 4.69) is 4.98 Å². The molecule has 12 heavy (non-hydrogen) atoms. The molecular weight excluding hydrogens is 174 g/mol. The van der Waals surface area contributed by atoms with Crippen molar-refractivity contribution in [1.29, 1.82) is 0 Å². The van der Waals surface area contributed by atoms with E-state index in [1.54, 1.807) is 6.20 Å². The zero-order valence-electron chi connectivity index (χ0n) is 6.69. The van der Waals surface area contributed by atoms with Gasteiger partial charge in [-0.05, 0) is 19.1 Å². The van der Waals surface area contributed by atoms with E-state index in [0.717, 1.165) is 17.0 Å². The molecule has 2 aromatic rings. The fraction of sp³-hybridized carbons (Fsp3) is 0.125. The third-order valence-corrected chi connectivity index (χ3v) is 1.78. The van der Waals surface area contributed by atoms with Crippen LogP contribution in [0.15, 0.2) is 24.5 Å². The van der Waals surface area contributed by atoms with Gasteiger partial charge in [-0.1, -0.05) is 0 Å². The van der Waals surface area contributed by atoms with E-state index >= 15 is 0 Å². The maximum atomic E-state index is 5.69. The van der Waals surface area contributed by atoms with Crippen molar-refractivity contribution in [3.8, 4) is 0 Å². The van der Waals surface area contributed by atoms with Crippen LogP contribution in [0.4, 0.5) is 5.69 Å². The second-order valence-corrected chi connectivity index (χ2v) is 2.55. The maximum absolute atomic E-state index is 5.69. The van der Waals surface area contributed by atoms with Gasteiger partial charge in [0.15, 0.2) is 5.65 Å². The SMILES string of the molecule is Cc1ccc(N)c2nccn12.Cl. The number of nitrogen functional groups attached to an aromatic ring is 1. The van der Waals surface area contributed by atoms with Crippen LogP contribution in [0.25, 0.3) is 5.65 Å². The average molecular weight is 184 g/mol. The van der Waals surface area contributed by atoms with E-state index < -0.39 is 0 Å². The Morgan fingerprint density at radius 1 is 1.42 bits per heavy atom. The summed E-state index contributed by atoms with van der Waals surface area (Å²) in [7, 11) is 0. The summed E-state index contributed by atoms with van der Waals surface area (Å²) in [6.07, 6.45) is 3.65. The minimum absolute atomic E-state index is 0. The fourth-order valence-corrected chi connectivity index (χ4v) is 1.17. The summed E-state index contributed by atoms with van der Waals surface area (Å²) in [5.74, 6) is 0. The lowest BCUT2D eigenvalue weighted by atomic mass is 10.3. The number of hydrogen-bond donors (Lipinski definition) is 1. The molecule has 0 bridgehead atoms. The minimum atomic E-state index is 0. The molecule has 0 spiro atoms. The molecule has 0 aliphatic rings. The first kappa shape index (κ1) is 8.87. The number of pyridine rings is 1. The molecule has 0 aliphatic carbocycles. The first-order valence-corrected chi connectivity index (χ1v) is 3.47. The van der Waals surface area contributed by atoms with Gasteiger partial charge in [-0.2, -0.15) is 0 Å². The number of hydrogen-bond acceptors (Lipinski definition) is 2. The van der Waals surface area contributed by atoms with Crippen LogP contribution >= 0.6 is 12.4 Å². The molecule has 2 aromatic heterocycles. The number of halogens is 1.